The summed E-state index contributed by atoms with van der Waals surface area (Å²) in [5.41, 5.74) is -1.00. The van der Waals surface area contributed by atoms with E-state index in [1.165, 1.54) is 40.6 Å². The first kappa shape index (κ1) is 52.7. The number of morpholine rings is 1. The first-order chi connectivity index (χ1) is 34.4. The highest BCUT2D eigenvalue weighted by atomic mass is 35.5. The number of amides is 1. The molecule has 13 nitrogen and oxygen atoms in total. The number of carbonyl (C=O) groups excluding carboxylic acids is 1. The van der Waals surface area contributed by atoms with Crippen molar-refractivity contribution in [1.29, 1.82) is 0 Å². The molecule has 0 saturated carbocycles. The summed E-state index contributed by atoms with van der Waals surface area (Å²) in [5, 5.41) is 7.22. The van der Waals surface area contributed by atoms with Crippen LogP contribution in [0.15, 0.2) is 117 Å². The number of carbonyl (C=O) groups is 1. The van der Waals surface area contributed by atoms with Gasteiger partial charge in [-0.15, -0.1) is 11.8 Å². The molecule has 4 aromatic rings. The molecule has 4 saturated heterocycles. The third-order valence-corrected chi connectivity index (χ3v) is 19.0. The van der Waals surface area contributed by atoms with Crippen LogP contribution >= 0.6 is 23.4 Å². The number of ether oxygens (including phenoxy) is 1. The molecule has 0 aromatic heterocycles. The highest BCUT2D eigenvalue weighted by molar-refractivity contribution is 7.99. The van der Waals surface area contributed by atoms with E-state index < -0.39 is 52.8 Å². The van der Waals surface area contributed by atoms with E-state index in [-0.39, 0.29) is 23.1 Å². The maximum absolute atomic E-state index is 14.3. The van der Waals surface area contributed by atoms with Crippen LogP contribution in [0.4, 0.5) is 24.5 Å². The van der Waals surface area contributed by atoms with Crippen molar-refractivity contribution in [3.8, 4) is 0 Å². The zero-order chi connectivity index (χ0) is 50.7. The predicted molar refractivity (Wildman–Crippen MR) is 278 cm³/mol. The fourth-order valence-electron chi connectivity index (χ4n) is 10.8. The molecule has 4 aromatic carbocycles. The molecule has 1 aliphatic carbocycles. The van der Waals surface area contributed by atoms with Gasteiger partial charge in [0, 0.05) is 118 Å². The lowest BCUT2D eigenvalue weighted by molar-refractivity contribution is -0.0435. The number of allylic oxidation sites excluding steroid dienone is 1. The molecule has 0 radical (unpaired) electrons. The third kappa shape index (κ3) is 12.7. The lowest BCUT2D eigenvalue weighted by atomic mass is 9.71. The number of rotatable bonds is 18. The first-order valence-electron chi connectivity index (χ1n) is 24.7. The van der Waals surface area contributed by atoms with Gasteiger partial charge >= 0.3 is 5.51 Å². The van der Waals surface area contributed by atoms with Crippen molar-refractivity contribution in [3.05, 3.63) is 119 Å². The van der Waals surface area contributed by atoms with Gasteiger partial charge in [0.1, 0.15) is 4.90 Å². The Balaban J connectivity index is 0.850. The summed E-state index contributed by atoms with van der Waals surface area (Å²) in [4.78, 5) is 21.9. The highest BCUT2D eigenvalue weighted by Gasteiger charge is 2.49. The number of piperazine rings is 2. The zero-order valence-electron chi connectivity index (χ0n) is 40.4. The number of thioether (sulfide) groups is 1. The number of benzene rings is 4. The second kappa shape index (κ2) is 22.3. The van der Waals surface area contributed by atoms with Crippen LogP contribution in [0.25, 0.3) is 5.57 Å². The molecule has 0 spiro atoms. The smallest absolute Gasteiger partial charge is 0.380 e. The number of nitrogens with one attached hydrogen (secondary N) is 3. The van der Waals surface area contributed by atoms with Crippen molar-refractivity contribution < 1.29 is 39.5 Å². The molecule has 3 N–H and O–H groups in total. The average molecular weight is 1070 g/mol. The Morgan fingerprint density at radius 3 is 2.31 bits per heavy atom. The fourth-order valence-corrected chi connectivity index (χ4v) is 14.0. The minimum atomic E-state index is -6.06. The molecular formula is C52H63ClF3N7O6S3. The highest BCUT2D eigenvalue weighted by Crippen LogP contribution is 2.44. The summed E-state index contributed by atoms with van der Waals surface area (Å²) in [6, 6.07) is 26.3. The number of hydrogen-bond donors (Lipinski definition) is 3. The molecule has 72 heavy (non-hydrogen) atoms. The van der Waals surface area contributed by atoms with Crippen LogP contribution in [-0.2, 0) is 24.6 Å². The van der Waals surface area contributed by atoms with E-state index in [2.05, 4.69) is 49.3 Å². The maximum Gasteiger partial charge on any atom is 0.501 e. The average Bonchev–Trinajstić information content (AvgIpc) is 4.00. The molecule has 4 heterocycles. The van der Waals surface area contributed by atoms with E-state index in [9.17, 15) is 34.8 Å². The predicted octanol–water partition coefficient (Wildman–Crippen LogP) is 7.86. The number of halogens is 4. The third-order valence-electron chi connectivity index (χ3n) is 14.8. The van der Waals surface area contributed by atoms with Crippen LogP contribution in [0, 0.1) is 5.41 Å². The lowest BCUT2D eigenvalue weighted by Gasteiger charge is -2.43. The van der Waals surface area contributed by atoms with Gasteiger partial charge in [0.15, 0.2) is 0 Å². The molecule has 4 atom stereocenters. The standard InChI is InChI=1S/C52H63ClF3N7O6S3/c1-51(36-61-23-20-57-21-24-61)19-17-47(37-7-11-40(53)12-8-37)39(31-51)32-60-25-27-62(28-26-60)42-13-9-38(10-14-42)50(64)59-72(67,68)46-15-16-48(49(30-46)71(65,66)52(54,55)56)58-41(35-70-45-5-3-2-4-6-45)18-22-63-33-44-29-43(63)34-69-44/h2-16,30,41,43-44,57-58H,17-29,31-36H2,1H3,(H,59,64)/t41-,43+,44+,51?/m1/s1. The van der Waals surface area contributed by atoms with Gasteiger partial charge in [0.25, 0.3) is 25.8 Å². The van der Waals surface area contributed by atoms with Crippen molar-refractivity contribution in [2.24, 2.45) is 5.41 Å². The lowest BCUT2D eigenvalue weighted by Crippen LogP contribution is -2.49. The first-order valence-corrected chi connectivity index (χ1v) is 29.0. The second-order valence-corrected chi connectivity index (χ2v) is 25.2. The van der Waals surface area contributed by atoms with E-state index in [1.807, 2.05) is 47.2 Å². The number of alkyl halides is 3. The summed E-state index contributed by atoms with van der Waals surface area (Å²) in [6.45, 7) is 13.6. The van der Waals surface area contributed by atoms with Gasteiger partial charge in [-0.25, -0.2) is 21.6 Å². The van der Waals surface area contributed by atoms with Crippen LogP contribution in [0.5, 0.6) is 0 Å². The van der Waals surface area contributed by atoms with Gasteiger partial charge in [0.05, 0.1) is 23.3 Å². The van der Waals surface area contributed by atoms with E-state index in [0.29, 0.717) is 31.4 Å². The van der Waals surface area contributed by atoms with Crippen LogP contribution < -0.4 is 20.3 Å². The molecule has 388 valence electrons. The van der Waals surface area contributed by atoms with Crippen molar-refractivity contribution in [3.63, 3.8) is 0 Å². The Hall–Kier alpha value is -4.18. The van der Waals surface area contributed by atoms with Crippen molar-refractivity contribution >= 4 is 66.1 Å². The van der Waals surface area contributed by atoms with Crippen LogP contribution in [-0.4, -0.2) is 152 Å². The van der Waals surface area contributed by atoms with Gasteiger partial charge in [0.2, 0.25) is 0 Å². The Morgan fingerprint density at radius 1 is 0.917 bits per heavy atom. The van der Waals surface area contributed by atoms with Gasteiger partial charge in [-0.2, -0.15) is 13.2 Å². The minimum absolute atomic E-state index is 0.00163. The van der Waals surface area contributed by atoms with Gasteiger partial charge in [-0.1, -0.05) is 54.4 Å². The maximum atomic E-state index is 14.3. The van der Waals surface area contributed by atoms with Crippen LogP contribution in [0.3, 0.4) is 0 Å². The summed E-state index contributed by atoms with van der Waals surface area (Å²) in [7, 11) is -10.9. The van der Waals surface area contributed by atoms with Crippen molar-refractivity contribution in [2.75, 3.05) is 101 Å². The van der Waals surface area contributed by atoms with Gasteiger partial charge in [-0.3, -0.25) is 14.6 Å². The Bertz CT molecular complexity index is 2800. The number of likely N-dealkylation sites (tertiary alicyclic amines) is 1. The van der Waals surface area contributed by atoms with Gasteiger partial charge in [-0.05, 0) is 115 Å². The Kier molecular flexibility index (Phi) is 16.3. The quantitative estimate of drug-likeness (QED) is 0.0834. The monoisotopic (exact) mass is 1070 g/mol. The summed E-state index contributed by atoms with van der Waals surface area (Å²) >= 11 is 7.75. The number of hydrogen-bond acceptors (Lipinski definition) is 13. The van der Waals surface area contributed by atoms with Gasteiger partial charge < -0.3 is 25.2 Å². The molecular weight excluding hydrogens is 1010 g/mol. The number of sulfone groups is 1. The molecule has 9 rings (SSSR count). The fraction of sp³-hybridized carbons (Fsp3) is 0.481. The molecule has 20 heteroatoms. The topological polar surface area (TPSA) is 144 Å². The minimum Gasteiger partial charge on any atom is -0.380 e. The zero-order valence-corrected chi connectivity index (χ0v) is 43.6. The van der Waals surface area contributed by atoms with Crippen LogP contribution in [0.2, 0.25) is 5.02 Å². The molecule has 5 aliphatic rings. The number of anilines is 2. The Morgan fingerprint density at radius 2 is 1.64 bits per heavy atom. The number of nitrogens with zero attached hydrogens (tertiary/aromatic N) is 4. The number of fused-ring (bicyclic) bond motifs is 2. The number of sulfonamides is 1. The second-order valence-electron chi connectivity index (χ2n) is 20.0. The van der Waals surface area contributed by atoms with E-state index >= 15 is 0 Å². The summed E-state index contributed by atoms with van der Waals surface area (Å²) < 4.78 is 104. The molecule has 2 bridgehead atoms. The SMILES string of the molecule is CC1(CN2CCNCC2)CCC(c2ccc(Cl)cc2)=C(CN2CCN(c3ccc(C(=O)NS(=O)(=O)c4ccc(N[C@H](CCN5C[C@@H]6C[C@H]5CO6)CSc5ccccc5)c(S(=O)(=O)C(F)(F)F)c4)cc3)CC2)C1. The molecule has 4 aliphatic heterocycles. The summed E-state index contributed by atoms with van der Waals surface area (Å²) in [6.07, 6.45) is 4.67. The summed E-state index contributed by atoms with van der Waals surface area (Å²) in [5.74, 6) is -0.643. The van der Waals surface area contributed by atoms with Crippen LogP contribution in [0.1, 0.15) is 54.9 Å². The molecule has 4 fully saturated rings. The Labute approximate surface area is 430 Å². The molecule has 1 amide bonds. The molecule has 1 unspecified atom stereocenters. The largest absolute Gasteiger partial charge is 0.501 e. The van der Waals surface area contributed by atoms with E-state index in [1.54, 1.807) is 12.1 Å². The normalized spacial score (nSPS) is 23.1. The van der Waals surface area contributed by atoms with Crippen molar-refractivity contribution in [1.82, 2.24) is 24.7 Å². The van der Waals surface area contributed by atoms with Crippen molar-refractivity contribution in [2.45, 2.75) is 77.4 Å². The van der Waals surface area contributed by atoms with E-state index in [0.717, 1.165) is 125 Å². The van der Waals surface area contributed by atoms with E-state index in [4.69, 9.17) is 16.3 Å².